The van der Waals surface area contributed by atoms with Crippen molar-refractivity contribution in [3.05, 3.63) is 46.6 Å². The predicted octanol–water partition coefficient (Wildman–Crippen LogP) is 3.57. The van der Waals surface area contributed by atoms with E-state index in [9.17, 15) is 9.59 Å². The molecule has 6 nitrogen and oxygen atoms in total. The van der Waals surface area contributed by atoms with Gasteiger partial charge in [0.15, 0.2) is 0 Å². The van der Waals surface area contributed by atoms with Crippen molar-refractivity contribution in [2.24, 2.45) is 5.41 Å². The number of anilines is 1. The maximum Gasteiger partial charge on any atom is 0.225 e. The van der Waals surface area contributed by atoms with Crippen molar-refractivity contribution in [3.8, 4) is 0 Å². The molecule has 0 fully saturated rings. The van der Waals surface area contributed by atoms with Gasteiger partial charge < -0.3 is 10.6 Å². The predicted molar refractivity (Wildman–Crippen MR) is 106 cm³/mol. The van der Waals surface area contributed by atoms with Crippen LogP contribution in [0.25, 0.3) is 0 Å². The van der Waals surface area contributed by atoms with Crippen LogP contribution in [0.5, 0.6) is 0 Å². The molecule has 0 unspecified atom stereocenters. The highest BCUT2D eigenvalue weighted by atomic mass is 79.9. The second kappa shape index (κ2) is 8.98. The largest absolute Gasteiger partial charge is 0.356 e. The first-order valence-corrected chi connectivity index (χ1v) is 9.39. The van der Waals surface area contributed by atoms with Crippen molar-refractivity contribution in [2.75, 3.05) is 11.9 Å². The number of aromatic nitrogens is 2. The van der Waals surface area contributed by atoms with Gasteiger partial charge in [-0.3, -0.25) is 9.59 Å². The van der Waals surface area contributed by atoms with E-state index in [2.05, 4.69) is 31.7 Å². The van der Waals surface area contributed by atoms with Gasteiger partial charge in [-0.1, -0.05) is 48.8 Å². The molecule has 1 heterocycles. The number of hydrogen-bond donors (Lipinski definition) is 2. The lowest BCUT2D eigenvalue weighted by Gasteiger charge is -2.17. The second-order valence-corrected chi connectivity index (χ2v) is 8.07. The van der Waals surface area contributed by atoms with E-state index in [1.807, 2.05) is 45.0 Å². The number of carbonyl (C=O) groups excluding carboxylic acids is 2. The summed E-state index contributed by atoms with van der Waals surface area (Å²) in [6, 6.07) is 9.74. The molecule has 0 spiro atoms. The van der Waals surface area contributed by atoms with Crippen molar-refractivity contribution in [1.82, 2.24) is 15.1 Å². The maximum absolute atomic E-state index is 12.1. The SMILES string of the molecule is CC(C)(C)C(=O)NCCCC(=O)Nc1ccnn1Cc1ccc(Br)cc1. The summed E-state index contributed by atoms with van der Waals surface area (Å²) in [6.07, 6.45) is 2.60. The van der Waals surface area contributed by atoms with Gasteiger partial charge in [0.25, 0.3) is 0 Å². The molecular formula is C19H25BrN4O2. The first-order valence-electron chi connectivity index (χ1n) is 8.60. The van der Waals surface area contributed by atoms with Gasteiger partial charge in [-0.25, -0.2) is 4.68 Å². The number of carbonyl (C=O) groups is 2. The first-order chi connectivity index (χ1) is 12.3. The summed E-state index contributed by atoms with van der Waals surface area (Å²) in [7, 11) is 0. The van der Waals surface area contributed by atoms with E-state index in [4.69, 9.17) is 0 Å². The Morgan fingerprint density at radius 2 is 1.85 bits per heavy atom. The fourth-order valence-corrected chi connectivity index (χ4v) is 2.51. The van der Waals surface area contributed by atoms with E-state index in [1.165, 1.54) is 0 Å². The highest BCUT2D eigenvalue weighted by Crippen LogP contribution is 2.15. The van der Waals surface area contributed by atoms with Crippen molar-refractivity contribution in [2.45, 2.75) is 40.2 Å². The number of nitrogens with one attached hydrogen (secondary N) is 2. The van der Waals surface area contributed by atoms with Gasteiger partial charge in [0.05, 0.1) is 12.7 Å². The molecule has 2 N–H and O–H groups in total. The Labute approximate surface area is 162 Å². The van der Waals surface area contributed by atoms with E-state index in [-0.39, 0.29) is 11.8 Å². The zero-order valence-electron chi connectivity index (χ0n) is 15.4. The normalized spacial score (nSPS) is 11.2. The van der Waals surface area contributed by atoms with Crippen LogP contribution in [-0.2, 0) is 16.1 Å². The fraction of sp³-hybridized carbons (Fsp3) is 0.421. The number of halogens is 1. The quantitative estimate of drug-likeness (QED) is 0.672. The van der Waals surface area contributed by atoms with Crippen LogP contribution in [0.2, 0.25) is 0 Å². The summed E-state index contributed by atoms with van der Waals surface area (Å²) in [5, 5.41) is 9.99. The molecule has 0 saturated carbocycles. The molecule has 0 aliphatic rings. The van der Waals surface area contributed by atoms with Crippen LogP contribution in [0.4, 0.5) is 5.82 Å². The Morgan fingerprint density at radius 1 is 1.15 bits per heavy atom. The number of rotatable bonds is 7. The van der Waals surface area contributed by atoms with Crippen molar-refractivity contribution >= 4 is 33.6 Å². The molecule has 0 radical (unpaired) electrons. The molecule has 2 rings (SSSR count). The summed E-state index contributed by atoms with van der Waals surface area (Å²) in [4.78, 5) is 23.9. The molecule has 26 heavy (non-hydrogen) atoms. The monoisotopic (exact) mass is 420 g/mol. The standard InChI is InChI=1S/C19H25BrN4O2/c1-19(2,3)18(26)21-11-4-5-17(25)23-16-10-12-22-24(16)13-14-6-8-15(20)9-7-14/h6-10,12H,4-5,11,13H2,1-3H3,(H,21,26)(H,23,25). The summed E-state index contributed by atoms with van der Waals surface area (Å²) >= 11 is 3.41. The molecule has 1 aromatic carbocycles. The van der Waals surface area contributed by atoms with Gasteiger partial charge in [-0.2, -0.15) is 5.10 Å². The third-order valence-corrected chi connectivity index (χ3v) is 4.31. The molecule has 0 aliphatic heterocycles. The average molecular weight is 421 g/mol. The van der Waals surface area contributed by atoms with Crippen molar-refractivity contribution in [1.29, 1.82) is 0 Å². The fourth-order valence-electron chi connectivity index (χ4n) is 2.25. The lowest BCUT2D eigenvalue weighted by atomic mass is 9.96. The Morgan fingerprint density at radius 3 is 2.50 bits per heavy atom. The van der Waals surface area contributed by atoms with Crippen LogP contribution in [0.1, 0.15) is 39.2 Å². The van der Waals surface area contributed by atoms with Gasteiger partial charge in [-0.05, 0) is 24.1 Å². The van der Waals surface area contributed by atoms with Gasteiger partial charge >= 0.3 is 0 Å². The van der Waals surface area contributed by atoms with Crippen LogP contribution in [0, 0.1) is 5.41 Å². The number of amides is 2. The van der Waals surface area contributed by atoms with E-state index in [0.29, 0.717) is 31.7 Å². The lowest BCUT2D eigenvalue weighted by Crippen LogP contribution is -2.35. The molecular weight excluding hydrogens is 396 g/mol. The minimum absolute atomic E-state index is 0.00881. The van der Waals surface area contributed by atoms with Crippen molar-refractivity contribution in [3.63, 3.8) is 0 Å². The Bertz CT molecular complexity index is 748. The first kappa shape index (κ1) is 20.2. The van der Waals surface area contributed by atoms with Gasteiger partial charge in [-0.15, -0.1) is 0 Å². The highest BCUT2D eigenvalue weighted by Gasteiger charge is 2.20. The molecule has 0 atom stereocenters. The molecule has 0 saturated heterocycles. The van der Waals surface area contributed by atoms with E-state index in [1.54, 1.807) is 16.9 Å². The van der Waals surface area contributed by atoms with E-state index in [0.717, 1.165) is 10.0 Å². The third-order valence-electron chi connectivity index (χ3n) is 3.78. The summed E-state index contributed by atoms with van der Waals surface area (Å²) in [5.74, 6) is 0.565. The lowest BCUT2D eigenvalue weighted by molar-refractivity contribution is -0.128. The third kappa shape index (κ3) is 6.29. The number of hydrogen-bond acceptors (Lipinski definition) is 3. The number of nitrogens with zero attached hydrogens (tertiary/aromatic N) is 2. The van der Waals surface area contributed by atoms with Crippen LogP contribution < -0.4 is 10.6 Å². The Hall–Kier alpha value is -2.15. The minimum Gasteiger partial charge on any atom is -0.356 e. The molecule has 0 aliphatic carbocycles. The van der Waals surface area contributed by atoms with E-state index >= 15 is 0 Å². The van der Waals surface area contributed by atoms with Gasteiger partial charge in [0, 0.05) is 28.9 Å². The number of benzene rings is 1. The Balaban J connectivity index is 1.80. The van der Waals surface area contributed by atoms with Crippen LogP contribution in [0.15, 0.2) is 41.0 Å². The zero-order chi connectivity index (χ0) is 19.2. The smallest absolute Gasteiger partial charge is 0.225 e. The van der Waals surface area contributed by atoms with Crippen LogP contribution in [-0.4, -0.2) is 28.1 Å². The molecule has 2 amide bonds. The minimum atomic E-state index is -0.415. The Kier molecular flexibility index (Phi) is 6.97. The second-order valence-electron chi connectivity index (χ2n) is 7.16. The molecule has 0 bridgehead atoms. The van der Waals surface area contributed by atoms with Gasteiger partial charge in [0.2, 0.25) is 11.8 Å². The summed E-state index contributed by atoms with van der Waals surface area (Å²) in [5.41, 5.74) is 0.680. The molecule has 7 heteroatoms. The molecule has 140 valence electrons. The van der Waals surface area contributed by atoms with Crippen molar-refractivity contribution < 1.29 is 9.59 Å². The maximum atomic E-state index is 12.1. The molecule has 1 aromatic heterocycles. The van der Waals surface area contributed by atoms with Crippen LogP contribution >= 0.6 is 15.9 Å². The summed E-state index contributed by atoms with van der Waals surface area (Å²) in [6.45, 7) is 6.66. The average Bonchev–Trinajstić information content (AvgIpc) is 2.99. The summed E-state index contributed by atoms with van der Waals surface area (Å²) < 4.78 is 2.77. The van der Waals surface area contributed by atoms with Gasteiger partial charge in [0.1, 0.15) is 5.82 Å². The zero-order valence-corrected chi connectivity index (χ0v) is 17.0. The van der Waals surface area contributed by atoms with Crippen LogP contribution in [0.3, 0.4) is 0 Å². The topological polar surface area (TPSA) is 76.0 Å². The molecule has 2 aromatic rings. The highest BCUT2D eigenvalue weighted by molar-refractivity contribution is 9.10. The van der Waals surface area contributed by atoms with E-state index < -0.39 is 5.41 Å².